The van der Waals surface area contributed by atoms with E-state index in [1.165, 1.54) is 12.1 Å². The minimum atomic E-state index is -0.176. The highest BCUT2D eigenvalue weighted by molar-refractivity contribution is 7.98. The van der Waals surface area contributed by atoms with Gasteiger partial charge in [0.25, 0.3) is 0 Å². The van der Waals surface area contributed by atoms with Crippen molar-refractivity contribution in [1.29, 1.82) is 0 Å². The topological polar surface area (TPSA) is 3.24 Å². The fourth-order valence-electron chi connectivity index (χ4n) is 1.35. The fraction of sp³-hybridized carbons (Fsp3) is 0.500. The fourth-order valence-corrected chi connectivity index (χ4v) is 2.50. The molecule has 0 atom stereocenters. The average Bonchev–Trinajstić information content (AvgIpc) is 2.05. The first-order valence-corrected chi connectivity index (χ1v) is 5.79. The molecule has 15 heavy (non-hydrogen) atoms. The first-order chi connectivity index (χ1) is 6.87. The Hall–Kier alpha value is -0.540. The van der Waals surface area contributed by atoms with Crippen LogP contribution in [0.15, 0.2) is 24.3 Å². The molecule has 0 aliphatic carbocycles. The first kappa shape index (κ1) is 12.5. The van der Waals surface area contributed by atoms with Gasteiger partial charge in [0.1, 0.15) is 5.82 Å². The summed E-state index contributed by atoms with van der Waals surface area (Å²) in [4.78, 5) is 0. The molecule has 0 unspecified atom stereocenters. The molecule has 3 heteroatoms. The van der Waals surface area contributed by atoms with Gasteiger partial charge in [-0.05, 0) is 45.5 Å². The van der Waals surface area contributed by atoms with Gasteiger partial charge < -0.3 is 0 Å². The normalized spacial score (nSPS) is 12.1. The third-order valence-electron chi connectivity index (χ3n) is 1.75. The Bertz CT molecular complexity index is 302. The van der Waals surface area contributed by atoms with Crippen molar-refractivity contribution in [2.45, 2.75) is 32.1 Å². The summed E-state index contributed by atoms with van der Waals surface area (Å²) in [6.07, 6.45) is 0. The Morgan fingerprint density at radius 1 is 1.20 bits per heavy atom. The van der Waals surface area contributed by atoms with Crippen LogP contribution in [0.25, 0.3) is 0 Å². The second-order valence-corrected chi connectivity index (χ2v) is 6.65. The Kier molecular flexibility index (Phi) is 4.17. The van der Waals surface area contributed by atoms with E-state index in [2.05, 4.69) is 32.1 Å². The predicted octanol–water partition coefficient (Wildman–Crippen LogP) is 3.70. The zero-order chi connectivity index (χ0) is 11.5. The van der Waals surface area contributed by atoms with Gasteiger partial charge in [0.2, 0.25) is 0 Å². The van der Waals surface area contributed by atoms with E-state index in [1.54, 1.807) is 11.9 Å². The largest absolute Gasteiger partial charge is 0.249 e. The molecule has 1 aromatic carbocycles. The Balaban J connectivity index is 2.51. The molecule has 0 N–H and O–H groups in total. The lowest BCUT2D eigenvalue weighted by atomic mass is 10.2. The highest BCUT2D eigenvalue weighted by Crippen LogP contribution is 2.27. The molecule has 1 rings (SSSR count). The minimum Gasteiger partial charge on any atom is -0.249 e. The molecule has 0 amide bonds. The summed E-state index contributed by atoms with van der Waals surface area (Å²) >= 11 is 1.80. The van der Waals surface area contributed by atoms with Crippen molar-refractivity contribution in [3.05, 3.63) is 35.6 Å². The van der Waals surface area contributed by atoms with Crippen molar-refractivity contribution in [1.82, 2.24) is 4.31 Å². The van der Waals surface area contributed by atoms with Crippen LogP contribution in [-0.4, -0.2) is 16.1 Å². The van der Waals surface area contributed by atoms with Crippen molar-refractivity contribution in [2.75, 3.05) is 7.05 Å². The molecule has 1 aromatic rings. The summed E-state index contributed by atoms with van der Waals surface area (Å²) in [5, 5.41) is 0. The van der Waals surface area contributed by atoms with Crippen molar-refractivity contribution in [3.8, 4) is 0 Å². The maximum Gasteiger partial charge on any atom is 0.123 e. The summed E-state index contributed by atoms with van der Waals surface area (Å²) in [5.74, 6) is -0.176. The van der Waals surface area contributed by atoms with Gasteiger partial charge in [0, 0.05) is 11.3 Å². The zero-order valence-electron chi connectivity index (χ0n) is 9.75. The number of hydrogen-bond acceptors (Lipinski definition) is 2. The van der Waals surface area contributed by atoms with Crippen LogP contribution in [0.5, 0.6) is 0 Å². The van der Waals surface area contributed by atoms with Crippen molar-refractivity contribution >= 4 is 11.9 Å². The summed E-state index contributed by atoms with van der Waals surface area (Å²) in [5.41, 5.74) is 1.13. The first-order valence-electron chi connectivity index (χ1n) is 5.01. The van der Waals surface area contributed by atoms with Gasteiger partial charge in [0.15, 0.2) is 0 Å². The second kappa shape index (κ2) is 4.99. The van der Waals surface area contributed by atoms with Gasteiger partial charge in [-0.25, -0.2) is 8.70 Å². The molecular formula is C12H18FNS. The molecular weight excluding hydrogens is 209 g/mol. The van der Waals surface area contributed by atoms with Gasteiger partial charge in [0.05, 0.1) is 0 Å². The van der Waals surface area contributed by atoms with Gasteiger partial charge in [-0.3, -0.25) is 0 Å². The van der Waals surface area contributed by atoms with E-state index in [0.717, 1.165) is 12.1 Å². The highest BCUT2D eigenvalue weighted by Gasteiger charge is 2.14. The van der Waals surface area contributed by atoms with E-state index >= 15 is 0 Å². The molecule has 84 valence electrons. The van der Waals surface area contributed by atoms with Gasteiger partial charge in [-0.2, -0.15) is 0 Å². The summed E-state index contributed by atoms with van der Waals surface area (Å²) in [6, 6.07) is 6.67. The lowest BCUT2D eigenvalue weighted by Crippen LogP contribution is -2.19. The van der Waals surface area contributed by atoms with E-state index in [1.807, 2.05) is 12.1 Å². The molecule has 0 aliphatic rings. The molecule has 0 aromatic heterocycles. The van der Waals surface area contributed by atoms with Crippen LogP contribution in [0.4, 0.5) is 4.39 Å². The molecule has 0 fully saturated rings. The molecule has 0 saturated heterocycles. The molecule has 1 nitrogen and oxygen atoms in total. The van der Waals surface area contributed by atoms with E-state index in [-0.39, 0.29) is 10.6 Å². The van der Waals surface area contributed by atoms with Gasteiger partial charge >= 0.3 is 0 Å². The number of benzene rings is 1. The number of nitrogens with zero attached hydrogens (tertiary/aromatic N) is 1. The van der Waals surface area contributed by atoms with Crippen molar-refractivity contribution < 1.29 is 4.39 Å². The maximum absolute atomic E-state index is 12.7. The van der Waals surface area contributed by atoms with Crippen LogP contribution in [-0.2, 0) is 6.54 Å². The van der Waals surface area contributed by atoms with Crippen molar-refractivity contribution in [3.63, 3.8) is 0 Å². The monoisotopic (exact) mass is 227 g/mol. The van der Waals surface area contributed by atoms with Gasteiger partial charge in [-0.1, -0.05) is 24.1 Å². The second-order valence-electron chi connectivity index (χ2n) is 4.62. The Morgan fingerprint density at radius 2 is 1.73 bits per heavy atom. The van der Waals surface area contributed by atoms with Crippen LogP contribution < -0.4 is 0 Å². The number of rotatable bonds is 3. The summed E-state index contributed by atoms with van der Waals surface area (Å²) in [7, 11) is 2.05. The van der Waals surface area contributed by atoms with Crippen LogP contribution in [0.2, 0.25) is 0 Å². The Morgan fingerprint density at radius 3 is 2.20 bits per heavy atom. The predicted molar refractivity (Wildman–Crippen MR) is 65.2 cm³/mol. The van der Waals surface area contributed by atoms with E-state index < -0.39 is 0 Å². The lowest BCUT2D eigenvalue weighted by Gasteiger charge is -2.25. The van der Waals surface area contributed by atoms with Gasteiger partial charge in [-0.15, -0.1) is 0 Å². The van der Waals surface area contributed by atoms with Crippen LogP contribution in [0.3, 0.4) is 0 Å². The zero-order valence-corrected chi connectivity index (χ0v) is 10.6. The molecule has 0 heterocycles. The van der Waals surface area contributed by atoms with Crippen molar-refractivity contribution in [2.24, 2.45) is 0 Å². The smallest absolute Gasteiger partial charge is 0.123 e. The van der Waals surface area contributed by atoms with E-state index in [0.29, 0.717) is 0 Å². The van der Waals surface area contributed by atoms with Crippen LogP contribution >= 0.6 is 11.9 Å². The minimum absolute atomic E-state index is 0.176. The van der Waals surface area contributed by atoms with Crippen LogP contribution in [0, 0.1) is 5.82 Å². The van der Waals surface area contributed by atoms with E-state index in [9.17, 15) is 4.39 Å². The standard InChI is InChI=1S/C12H18FNS/c1-12(2,3)15-14(4)9-10-5-7-11(13)8-6-10/h5-8H,9H2,1-4H3. The highest BCUT2D eigenvalue weighted by atomic mass is 32.2. The molecule has 0 radical (unpaired) electrons. The molecule has 0 bridgehead atoms. The summed E-state index contributed by atoms with van der Waals surface area (Å²) in [6.45, 7) is 7.37. The summed E-state index contributed by atoms with van der Waals surface area (Å²) < 4.78 is 15.1. The molecule has 0 spiro atoms. The number of halogens is 1. The lowest BCUT2D eigenvalue weighted by molar-refractivity contribution is 0.548. The third-order valence-corrected chi connectivity index (χ3v) is 2.74. The SMILES string of the molecule is CN(Cc1ccc(F)cc1)SC(C)(C)C. The number of hydrogen-bond donors (Lipinski definition) is 0. The molecule has 0 aliphatic heterocycles. The molecule has 0 saturated carbocycles. The third kappa shape index (κ3) is 5.19. The maximum atomic E-state index is 12.7. The average molecular weight is 227 g/mol. The van der Waals surface area contributed by atoms with Crippen LogP contribution in [0.1, 0.15) is 26.3 Å². The Labute approximate surface area is 95.8 Å². The quantitative estimate of drug-likeness (QED) is 0.724. The van der Waals surface area contributed by atoms with E-state index in [4.69, 9.17) is 0 Å².